The van der Waals surface area contributed by atoms with E-state index >= 15 is 0 Å². The molecule has 21 heavy (non-hydrogen) atoms. The average Bonchev–Trinajstić information content (AvgIpc) is 2.41. The zero-order valence-corrected chi connectivity index (χ0v) is 12.6. The van der Waals surface area contributed by atoms with Crippen LogP contribution in [0, 0.1) is 17.1 Å². The lowest BCUT2D eigenvalue weighted by molar-refractivity contribution is 0.628. The van der Waals surface area contributed by atoms with Crippen molar-refractivity contribution >= 4 is 34.4 Å². The maximum atomic E-state index is 13.0. The molecule has 0 bridgehead atoms. The fourth-order valence-corrected chi connectivity index (χ4v) is 2.16. The molecule has 0 aliphatic heterocycles. The van der Waals surface area contributed by atoms with Gasteiger partial charge in [-0.2, -0.15) is 0 Å². The fraction of sp³-hybridized carbons (Fsp3) is 0.188. The van der Waals surface area contributed by atoms with E-state index in [-0.39, 0.29) is 11.7 Å². The van der Waals surface area contributed by atoms with Crippen molar-refractivity contribution < 1.29 is 4.39 Å². The van der Waals surface area contributed by atoms with E-state index in [4.69, 9.17) is 22.7 Å². The maximum Gasteiger partial charge on any atom is 0.124 e. The van der Waals surface area contributed by atoms with Crippen LogP contribution in [0.25, 0.3) is 0 Å². The highest BCUT2D eigenvalue weighted by atomic mass is 35.5. The topological polar surface area (TPSA) is 61.9 Å². The van der Waals surface area contributed by atoms with Gasteiger partial charge in [-0.1, -0.05) is 25.4 Å². The summed E-state index contributed by atoms with van der Waals surface area (Å²) in [6.07, 6.45) is 0. The number of nitrogen functional groups attached to an aromatic ring is 1. The van der Waals surface area contributed by atoms with E-state index in [1.54, 1.807) is 18.2 Å². The van der Waals surface area contributed by atoms with Crippen molar-refractivity contribution in [1.29, 1.82) is 5.41 Å². The van der Waals surface area contributed by atoms with Gasteiger partial charge in [0.1, 0.15) is 5.82 Å². The number of anilines is 3. The molecule has 0 aliphatic rings. The summed E-state index contributed by atoms with van der Waals surface area (Å²) in [6.45, 7) is 3.90. The van der Waals surface area contributed by atoms with Gasteiger partial charge in [0.25, 0.3) is 0 Å². The number of hydrogen-bond acceptors (Lipinski definition) is 3. The Morgan fingerprint density at radius 2 is 1.95 bits per heavy atom. The molecule has 110 valence electrons. The first-order valence-electron chi connectivity index (χ1n) is 6.59. The van der Waals surface area contributed by atoms with Gasteiger partial charge in [-0.3, -0.25) is 0 Å². The monoisotopic (exact) mass is 305 g/mol. The summed E-state index contributed by atoms with van der Waals surface area (Å²) in [5, 5.41) is 11.4. The Balaban J connectivity index is 2.26. The zero-order chi connectivity index (χ0) is 15.6. The number of nitrogens with one attached hydrogen (secondary N) is 2. The number of nitrogens with two attached hydrogens (primary N) is 1. The van der Waals surface area contributed by atoms with E-state index in [1.807, 2.05) is 19.9 Å². The van der Waals surface area contributed by atoms with Gasteiger partial charge < -0.3 is 16.5 Å². The van der Waals surface area contributed by atoms with E-state index in [1.165, 1.54) is 12.1 Å². The zero-order valence-electron chi connectivity index (χ0n) is 11.9. The molecule has 0 atom stereocenters. The molecule has 2 aromatic rings. The smallest absolute Gasteiger partial charge is 0.124 e. The Morgan fingerprint density at radius 1 is 1.24 bits per heavy atom. The SMILES string of the molecule is CC(C)C(=N)c1ccc(Nc2ccc(F)cc2Cl)cc1N. The van der Waals surface area contributed by atoms with Crippen molar-refractivity contribution in [3.8, 4) is 0 Å². The molecule has 0 heterocycles. The quantitative estimate of drug-likeness (QED) is 0.559. The van der Waals surface area contributed by atoms with Crippen molar-refractivity contribution in [2.45, 2.75) is 13.8 Å². The molecule has 0 spiro atoms. The van der Waals surface area contributed by atoms with E-state index < -0.39 is 0 Å². The molecule has 5 heteroatoms. The first-order valence-corrected chi connectivity index (χ1v) is 6.96. The van der Waals surface area contributed by atoms with E-state index in [0.717, 1.165) is 11.3 Å². The standard InChI is InChI=1S/C16H17ClFN3/c1-9(2)16(20)12-5-4-11(8-14(12)19)21-15-6-3-10(18)7-13(15)17/h3-9,20-21H,19H2,1-2H3. The predicted molar refractivity (Wildman–Crippen MR) is 87.2 cm³/mol. The Morgan fingerprint density at radius 3 is 2.52 bits per heavy atom. The minimum atomic E-state index is -0.384. The molecule has 4 N–H and O–H groups in total. The minimum absolute atomic E-state index is 0.109. The van der Waals surface area contributed by atoms with Gasteiger partial charge in [0.2, 0.25) is 0 Å². The van der Waals surface area contributed by atoms with Crippen molar-refractivity contribution in [2.75, 3.05) is 11.1 Å². The Bertz CT molecular complexity index is 683. The molecule has 2 rings (SSSR count). The van der Waals surface area contributed by atoms with Crippen LogP contribution < -0.4 is 11.1 Å². The van der Waals surface area contributed by atoms with Gasteiger partial charge in [-0.15, -0.1) is 0 Å². The first kappa shape index (κ1) is 15.3. The molecule has 0 saturated heterocycles. The van der Waals surface area contributed by atoms with Crippen molar-refractivity contribution in [3.63, 3.8) is 0 Å². The molecule has 0 radical (unpaired) electrons. The molecule has 0 unspecified atom stereocenters. The summed E-state index contributed by atoms with van der Waals surface area (Å²) >= 11 is 5.97. The van der Waals surface area contributed by atoms with Crippen LogP contribution in [0.15, 0.2) is 36.4 Å². The summed E-state index contributed by atoms with van der Waals surface area (Å²) in [5.41, 5.74) is 9.09. The minimum Gasteiger partial charge on any atom is -0.398 e. The van der Waals surface area contributed by atoms with Crippen LogP contribution in [-0.2, 0) is 0 Å². The largest absolute Gasteiger partial charge is 0.398 e. The highest BCUT2D eigenvalue weighted by molar-refractivity contribution is 6.33. The lowest BCUT2D eigenvalue weighted by Crippen LogP contribution is -2.10. The van der Waals surface area contributed by atoms with Crippen LogP contribution in [0.5, 0.6) is 0 Å². The summed E-state index contributed by atoms with van der Waals surface area (Å²) < 4.78 is 13.0. The molecule has 0 aromatic heterocycles. The Kier molecular flexibility index (Phi) is 4.48. The van der Waals surface area contributed by atoms with Crippen LogP contribution in [0.2, 0.25) is 5.02 Å². The van der Waals surface area contributed by atoms with Crippen molar-refractivity contribution in [2.24, 2.45) is 5.92 Å². The second-order valence-corrected chi connectivity index (χ2v) is 5.53. The third-order valence-corrected chi connectivity index (χ3v) is 3.44. The Labute approximate surface area is 128 Å². The lowest BCUT2D eigenvalue weighted by Gasteiger charge is -2.13. The van der Waals surface area contributed by atoms with Crippen LogP contribution in [-0.4, -0.2) is 5.71 Å². The van der Waals surface area contributed by atoms with Gasteiger partial charge in [-0.25, -0.2) is 4.39 Å². The molecule has 0 saturated carbocycles. The van der Waals surface area contributed by atoms with Gasteiger partial charge in [-0.05, 0) is 42.3 Å². The number of benzene rings is 2. The third-order valence-electron chi connectivity index (χ3n) is 3.13. The molecule has 3 nitrogen and oxygen atoms in total. The number of rotatable bonds is 4. The predicted octanol–water partition coefficient (Wildman–Crippen LogP) is 4.83. The van der Waals surface area contributed by atoms with Crippen LogP contribution >= 0.6 is 11.6 Å². The Hall–Kier alpha value is -2.07. The normalized spacial score (nSPS) is 10.7. The third kappa shape index (κ3) is 3.52. The van der Waals surface area contributed by atoms with Gasteiger partial charge >= 0.3 is 0 Å². The second-order valence-electron chi connectivity index (χ2n) is 5.12. The molecule has 0 amide bonds. The summed E-state index contributed by atoms with van der Waals surface area (Å²) in [7, 11) is 0. The van der Waals surface area contributed by atoms with E-state index in [2.05, 4.69) is 5.32 Å². The molecule has 0 fully saturated rings. The number of hydrogen-bond donors (Lipinski definition) is 3. The van der Waals surface area contributed by atoms with Gasteiger partial charge in [0, 0.05) is 22.6 Å². The molecular formula is C16H17ClFN3. The van der Waals surface area contributed by atoms with Crippen LogP contribution in [0.1, 0.15) is 19.4 Å². The van der Waals surface area contributed by atoms with Crippen LogP contribution in [0.4, 0.5) is 21.5 Å². The van der Waals surface area contributed by atoms with Gasteiger partial charge in [0.15, 0.2) is 0 Å². The highest BCUT2D eigenvalue weighted by Gasteiger charge is 2.10. The van der Waals surface area contributed by atoms with Gasteiger partial charge in [0.05, 0.1) is 10.7 Å². The number of halogens is 2. The van der Waals surface area contributed by atoms with Crippen molar-refractivity contribution in [3.05, 3.63) is 52.8 Å². The maximum absolute atomic E-state index is 13.0. The lowest BCUT2D eigenvalue weighted by atomic mass is 9.98. The van der Waals surface area contributed by atoms with E-state index in [9.17, 15) is 4.39 Å². The second kappa shape index (κ2) is 6.14. The molecule has 0 aliphatic carbocycles. The summed E-state index contributed by atoms with van der Waals surface area (Å²) in [4.78, 5) is 0. The van der Waals surface area contributed by atoms with Crippen molar-refractivity contribution in [1.82, 2.24) is 0 Å². The summed E-state index contributed by atoms with van der Waals surface area (Å²) in [5.74, 6) is -0.275. The molecular weight excluding hydrogens is 289 g/mol. The fourth-order valence-electron chi connectivity index (χ4n) is 1.94. The van der Waals surface area contributed by atoms with Crippen LogP contribution in [0.3, 0.4) is 0 Å². The average molecular weight is 306 g/mol. The summed E-state index contributed by atoms with van der Waals surface area (Å²) in [6, 6.07) is 9.51. The first-order chi connectivity index (χ1) is 9.88. The molecule has 2 aromatic carbocycles. The van der Waals surface area contributed by atoms with E-state index in [0.29, 0.717) is 22.1 Å². The highest BCUT2D eigenvalue weighted by Crippen LogP contribution is 2.28.